The lowest BCUT2D eigenvalue weighted by Gasteiger charge is -2.22. The van der Waals surface area contributed by atoms with Crippen LogP contribution >= 0.6 is 0 Å². The van der Waals surface area contributed by atoms with Crippen molar-refractivity contribution in [1.29, 1.82) is 0 Å². The summed E-state index contributed by atoms with van der Waals surface area (Å²) in [5.74, 6) is 2.42. The number of nitrogens with one attached hydrogen (secondary N) is 1. The first-order chi connectivity index (χ1) is 9.15. The summed E-state index contributed by atoms with van der Waals surface area (Å²) >= 11 is 0. The first-order valence-corrected chi connectivity index (χ1v) is 7.55. The minimum Gasteiger partial charge on any atom is -0.326 e. The maximum absolute atomic E-state index is 12.5. The lowest BCUT2D eigenvalue weighted by atomic mass is 9.88. The fourth-order valence-corrected chi connectivity index (χ4v) is 3.91. The van der Waals surface area contributed by atoms with Gasteiger partial charge in [0, 0.05) is 11.6 Å². The Morgan fingerprint density at radius 3 is 2.63 bits per heavy atom. The van der Waals surface area contributed by atoms with Gasteiger partial charge in [-0.3, -0.25) is 4.79 Å². The summed E-state index contributed by atoms with van der Waals surface area (Å²) in [5, 5.41) is 3.18. The number of benzene rings is 1. The summed E-state index contributed by atoms with van der Waals surface area (Å²) in [7, 11) is 0. The molecule has 1 aromatic carbocycles. The van der Waals surface area contributed by atoms with E-state index < -0.39 is 0 Å². The van der Waals surface area contributed by atoms with Crippen molar-refractivity contribution in [3.05, 3.63) is 29.8 Å². The van der Waals surface area contributed by atoms with Gasteiger partial charge in [-0.1, -0.05) is 38.5 Å². The van der Waals surface area contributed by atoms with E-state index in [9.17, 15) is 4.79 Å². The van der Waals surface area contributed by atoms with Crippen LogP contribution in [0.2, 0.25) is 0 Å². The van der Waals surface area contributed by atoms with Crippen LogP contribution in [-0.2, 0) is 4.79 Å². The number of fused-ring (bicyclic) bond motifs is 2. The van der Waals surface area contributed by atoms with E-state index >= 15 is 0 Å². The molecule has 1 aromatic rings. The van der Waals surface area contributed by atoms with Crippen LogP contribution in [0.3, 0.4) is 0 Å². The van der Waals surface area contributed by atoms with Crippen LogP contribution in [0.4, 0.5) is 5.69 Å². The Morgan fingerprint density at radius 1 is 1.21 bits per heavy atom. The van der Waals surface area contributed by atoms with Crippen LogP contribution in [0, 0.1) is 17.8 Å². The summed E-state index contributed by atoms with van der Waals surface area (Å²) < 4.78 is 0. The molecule has 2 bridgehead atoms. The zero-order valence-corrected chi connectivity index (χ0v) is 11.9. The summed E-state index contributed by atoms with van der Waals surface area (Å²) in [4.78, 5) is 12.5. The second kappa shape index (κ2) is 4.99. The molecule has 0 heterocycles. The zero-order chi connectivity index (χ0) is 13.4. The zero-order valence-electron chi connectivity index (χ0n) is 11.9. The number of hydrogen-bond donors (Lipinski definition) is 1. The van der Waals surface area contributed by atoms with Crippen molar-refractivity contribution < 1.29 is 4.79 Å². The number of amides is 1. The monoisotopic (exact) mass is 257 g/mol. The van der Waals surface area contributed by atoms with Crippen molar-refractivity contribution in [3.63, 3.8) is 0 Å². The molecule has 2 aliphatic rings. The van der Waals surface area contributed by atoms with Crippen molar-refractivity contribution in [3.8, 4) is 0 Å². The number of para-hydroxylation sites is 1. The molecule has 0 saturated heterocycles. The number of anilines is 1. The van der Waals surface area contributed by atoms with Gasteiger partial charge in [-0.25, -0.2) is 0 Å². The number of carbonyl (C=O) groups is 1. The third kappa shape index (κ3) is 2.41. The minimum atomic E-state index is 0.250. The minimum absolute atomic E-state index is 0.250. The van der Waals surface area contributed by atoms with Crippen LogP contribution in [0.25, 0.3) is 0 Å². The number of hydrogen-bond acceptors (Lipinski definition) is 1. The standard InChI is InChI=1S/C17H23NO/c1-11(2)14-5-3-4-6-16(14)18-17(19)15-10-12-7-8-13(15)9-12/h3-6,11-13,15H,7-10H2,1-2H3,(H,18,19)/t12-,13-,15-/m0/s1. The van der Waals surface area contributed by atoms with E-state index in [1.54, 1.807) is 0 Å². The molecule has 0 radical (unpaired) electrons. The first kappa shape index (κ1) is 12.7. The molecule has 1 amide bonds. The van der Waals surface area contributed by atoms with E-state index in [-0.39, 0.29) is 11.8 Å². The quantitative estimate of drug-likeness (QED) is 0.864. The molecule has 2 fully saturated rings. The average molecular weight is 257 g/mol. The van der Waals surface area contributed by atoms with Gasteiger partial charge in [0.1, 0.15) is 0 Å². The van der Waals surface area contributed by atoms with Gasteiger partial charge < -0.3 is 5.32 Å². The summed E-state index contributed by atoms with van der Waals surface area (Å²) in [6.07, 6.45) is 5.00. The molecular weight excluding hydrogens is 234 g/mol. The molecule has 0 spiro atoms. The second-order valence-corrected chi connectivity index (χ2v) is 6.51. The van der Waals surface area contributed by atoms with Crippen molar-refractivity contribution >= 4 is 11.6 Å². The van der Waals surface area contributed by atoms with Gasteiger partial charge in [0.05, 0.1) is 0 Å². The van der Waals surface area contributed by atoms with E-state index in [1.807, 2.05) is 18.2 Å². The van der Waals surface area contributed by atoms with Crippen LogP contribution in [0.15, 0.2) is 24.3 Å². The van der Waals surface area contributed by atoms with E-state index in [1.165, 1.54) is 24.8 Å². The Kier molecular flexibility index (Phi) is 3.34. The molecular formula is C17H23NO. The lowest BCUT2D eigenvalue weighted by molar-refractivity contribution is -0.121. The largest absolute Gasteiger partial charge is 0.326 e. The molecule has 0 unspecified atom stereocenters. The third-order valence-corrected chi connectivity index (χ3v) is 4.92. The van der Waals surface area contributed by atoms with E-state index in [4.69, 9.17) is 0 Å². The highest BCUT2D eigenvalue weighted by atomic mass is 16.1. The fraction of sp³-hybridized carbons (Fsp3) is 0.588. The highest BCUT2D eigenvalue weighted by Crippen LogP contribution is 2.48. The van der Waals surface area contributed by atoms with Crippen molar-refractivity contribution in [2.75, 3.05) is 5.32 Å². The maximum atomic E-state index is 12.5. The molecule has 102 valence electrons. The molecule has 2 aliphatic carbocycles. The van der Waals surface area contributed by atoms with Crippen LogP contribution in [0.5, 0.6) is 0 Å². The topological polar surface area (TPSA) is 29.1 Å². The van der Waals surface area contributed by atoms with Gasteiger partial charge in [0.2, 0.25) is 5.91 Å². The number of rotatable bonds is 3. The van der Waals surface area contributed by atoms with Crippen molar-refractivity contribution in [1.82, 2.24) is 0 Å². The van der Waals surface area contributed by atoms with Crippen LogP contribution in [0.1, 0.15) is 51.0 Å². The predicted molar refractivity (Wildman–Crippen MR) is 78.1 cm³/mol. The first-order valence-electron chi connectivity index (χ1n) is 7.55. The molecule has 0 aromatic heterocycles. The van der Waals surface area contributed by atoms with E-state index in [0.717, 1.165) is 18.0 Å². The number of carbonyl (C=O) groups excluding carboxylic acids is 1. The summed E-state index contributed by atoms with van der Waals surface area (Å²) in [5.41, 5.74) is 2.24. The van der Waals surface area contributed by atoms with Gasteiger partial charge in [0.15, 0.2) is 0 Å². The third-order valence-electron chi connectivity index (χ3n) is 4.92. The van der Waals surface area contributed by atoms with Crippen molar-refractivity contribution in [2.45, 2.75) is 45.4 Å². The maximum Gasteiger partial charge on any atom is 0.227 e. The van der Waals surface area contributed by atoms with Gasteiger partial charge in [-0.05, 0) is 48.6 Å². The molecule has 3 rings (SSSR count). The SMILES string of the molecule is CC(C)c1ccccc1NC(=O)[C@H]1C[C@H]2CC[C@H]1C2. The second-order valence-electron chi connectivity index (χ2n) is 6.51. The molecule has 2 saturated carbocycles. The lowest BCUT2D eigenvalue weighted by Crippen LogP contribution is -2.27. The Labute approximate surface area is 115 Å². The van der Waals surface area contributed by atoms with Gasteiger partial charge >= 0.3 is 0 Å². The van der Waals surface area contributed by atoms with Crippen LogP contribution in [-0.4, -0.2) is 5.91 Å². The smallest absolute Gasteiger partial charge is 0.227 e. The Morgan fingerprint density at radius 2 is 2.00 bits per heavy atom. The van der Waals surface area contributed by atoms with Gasteiger partial charge in [0.25, 0.3) is 0 Å². The molecule has 1 N–H and O–H groups in total. The normalized spacial score (nSPS) is 28.9. The summed E-state index contributed by atoms with van der Waals surface area (Å²) in [6, 6.07) is 8.19. The molecule has 3 atom stereocenters. The van der Waals surface area contributed by atoms with E-state index in [0.29, 0.717) is 11.8 Å². The Balaban J connectivity index is 1.73. The Hall–Kier alpha value is -1.31. The van der Waals surface area contributed by atoms with Gasteiger partial charge in [-0.2, -0.15) is 0 Å². The van der Waals surface area contributed by atoms with Gasteiger partial charge in [-0.15, -0.1) is 0 Å². The molecule has 19 heavy (non-hydrogen) atoms. The predicted octanol–water partition coefficient (Wildman–Crippen LogP) is 4.18. The van der Waals surface area contributed by atoms with E-state index in [2.05, 4.69) is 25.2 Å². The molecule has 2 nitrogen and oxygen atoms in total. The highest BCUT2D eigenvalue weighted by Gasteiger charge is 2.43. The average Bonchev–Trinajstić information content (AvgIpc) is 3.01. The Bertz CT molecular complexity index is 480. The fourth-order valence-electron chi connectivity index (χ4n) is 3.91. The van der Waals surface area contributed by atoms with Crippen LogP contribution < -0.4 is 5.32 Å². The summed E-state index contributed by atoms with van der Waals surface area (Å²) in [6.45, 7) is 4.34. The molecule has 2 heteroatoms. The van der Waals surface area contributed by atoms with Crippen molar-refractivity contribution in [2.24, 2.45) is 17.8 Å². The highest BCUT2D eigenvalue weighted by molar-refractivity contribution is 5.93. The molecule has 0 aliphatic heterocycles.